The highest BCUT2D eigenvalue weighted by molar-refractivity contribution is 5.96. The zero-order valence-corrected chi connectivity index (χ0v) is 10.6. The van der Waals surface area contributed by atoms with E-state index in [4.69, 9.17) is 11.2 Å². The standard InChI is InChI=1S/C13H19NO3/c1-5-10(15)9-13(7-6-8-13)14-11(16)17-12(2,3)4/h1H,6-9H2,2-4H3,(H,14,16). The van der Waals surface area contributed by atoms with Gasteiger partial charge in [0.2, 0.25) is 5.78 Å². The normalized spacial score (nSPS) is 17.5. The molecule has 1 N–H and O–H groups in total. The summed E-state index contributed by atoms with van der Waals surface area (Å²) in [6, 6.07) is 0. The van der Waals surface area contributed by atoms with Crippen molar-refractivity contribution in [3.05, 3.63) is 0 Å². The van der Waals surface area contributed by atoms with Gasteiger partial charge in [0, 0.05) is 6.42 Å². The van der Waals surface area contributed by atoms with Gasteiger partial charge in [-0.25, -0.2) is 4.79 Å². The van der Waals surface area contributed by atoms with Crippen molar-refractivity contribution in [2.75, 3.05) is 0 Å². The highest BCUT2D eigenvalue weighted by atomic mass is 16.6. The fourth-order valence-electron chi connectivity index (χ4n) is 1.83. The lowest BCUT2D eigenvalue weighted by molar-refractivity contribution is -0.115. The van der Waals surface area contributed by atoms with E-state index in [0.717, 1.165) is 19.3 Å². The lowest BCUT2D eigenvalue weighted by Gasteiger charge is -2.41. The summed E-state index contributed by atoms with van der Waals surface area (Å²) in [5, 5.41) is 2.77. The number of rotatable bonds is 3. The summed E-state index contributed by atoms with van der Waals surface area (Å²) >= 11 is 0. The molecule has 1 rings (SSSR count). The van der Waals surface area contributed by atoms with E-state index >= 15 is 0 Å². The minimum atomic E-state index is -0.537. The summed E-state index contributed by atoms with van der Waals surface area (Å²) in [5.74, 6) is 1.80. The Balaban J connectivity index is 2.55. The Labute approximate surface area is 102 Å². The topological polar surface area (TPSA) is 55.4 Å². The molecule has 0 spiro atoms. The zero-order chi connectivity index (χ0) is 13.1. The largest absolute Gasteiger partial charge is 0.444 e. The van der Waals surface area contributed by atoms with E-state index in [0.29, 0.717) is 0 Å². The molecule has 1 fully saturated rings. The van der Waals surface area contributed by atoms with Gasteiger partial charge in [0.05, 0.1) is 5.54 Å². The first-order valence-corrected chi connectivity index (χ1v) is 5.77. The lowest BCUT2D eigenvalue weighted by atomic mass is 9.73. The van der Waals surface area contributed by atoms with E-state index in [1.165, 1.54) is 0 Å². The number of Topliss-reactive ketones (excluding diaryl/α,β-unsaturated/α-hetero) is 1. The molecule has 17 heavy (non-hydrogen) atoms. The molecule has 1 amide bonds. The van der Waals surface area contributed by atoms with Crippen molar-refractivity contribution < 1.29 is 14.3 Å². The second kappa shape index (κ2) is 4.79. The van der Waals surface area contributed by atoms with E-state index in [9.17, 15) is 9.59 Å². The molecule has 1 aliphatic rings. The quantitative estimate of drug-likeness (QED) is 0.603. The minimum absolute atomic E-state index is 0.197. The first-order chi connectivity index (χ1) is 7.76. The summed E-state index contributed by atoms with van der Waals surface area (Å²) in [4.78, 5) is 22.9. The van der Waals surface area contributed by atoms with Crippen LogP contribution in [0, 0.1) is 12.3 Å². The summed E-state index contributed by atoms with van der Waals surface area (Å²) in [5.41, 5.74) is -1.02. The Morgan fingerprint density at radius 1 is 1.41 bits per heavy atom. The Morgan fingerprint density at radius 3 is 2.35 bits per heavy atom. The van der Waals surface area contributed by atoms with Crippen molar-refractivity contribution in [2.45, 2.75) is 57.6 Å². The van der Waals surface area contributed by atoms with Crippen LogP contribution in [0.3, 0.4) is 0 Å². The van der Waals surface area contributed by atoms with Crippen LogP contribution < -0.4 is 5.32 Å². The molecule has 0 saturated heterocycles. The Kier molecular flexibility index (Phi) is 3.82. The maximum Gasteiger partial charge on any atom is 0.408 e. The highest BCUT2D eigenvalue weighted by Gasteiger charge is 2.40. The average Bonchev–Trinajstić information content (AvgIpc) is 2.10. The van der Waals surface area contributed by atoms with Gasteiger partial charge in [-0.15, -0.1) is 6.42 Å². The molecule has 4 nitrogen and oxygen atoms in total. The maximum atomic E-state index is 11.6. The van der Waals surface area contributed by atoms with Gasteiger partial charge in [-0.05, 0) is 46.0 Å². The van der Waals surface area contributed by atoms with E-state index in [1.54, 1.807) is 20.8 Å². The molecule has 0 heterocycles. The van der Waals surface area contributed by atoms with E-state index in [1.807, 2.05) is 0 Å². The molecule has 0 aliphatic heterocycles. The van der Waals surface area contributed by atoms with Crippen LogP contribution in [0.5, 0.6) is 0 Å². The maximum absolute atomic E-state index is 11.6. The number of terminal acetylenes is 1. The predicted molar refractivity (Wildman–Crippen MR) is 64.4 cm³/mol. The first-order valence-electron chi connectivity index (χ1n) is 5.77. The number of nitrogens with one attached hydrogen (secondary N) is 1. The monoisotopic (exact) mass is 237 g/mol. The number of alkyl carbamates (subject to hydrolysis) is 1. The molecule has 0 atom stereocenters. The molecule has 0 radical (unpaired) electrons. The minimum Gasteiger partial charge on any atom is -0.444 e. The van der Waals surface area contributed by atoms with Crippen LogP contribution in [0.2, 0.25) is 0 Å². The number of ether oxygens (including phenoxy) is 1. The van der Waals surface area contributed by atoms with Crippen molar-refractivity contribution in [3.63, 3.8) is 0 Å². The molecular weight excluding hydrogens is 218 g/mol. The van der Waals surface area contributed by atoms with Gasteiger partial charge in [-0.2, -0.15) is 0 Å². The zero-order valence-electron chi connectivity index (χ0n) is 10.6. The molecule has 0 aromatic heterocycles. The fraction of sp³-hybridized carbons (Fsp3) is 0.692. The molecule has 4 heteroatoms. The number of ketones is 1. The van der Waals surface area contributed by atoms with E-state index in [2.05, 4.69) is 11.2 Å². The molecule has 0 aromatic carbocycles. The summed E-state index contributed by atoms with van der Waals surface area (Å²) in [6.07, 6.45) is 7.31. The van der Waals surface area contributed by atoms with Gasteiger partial charge in [0.15, 0.2) is 0 Å². The fourth-order valence-corrected chi connectivity index (χ4v) is 1.83. The van der Waals surface area contributed by atoms with Crippen LogP contribution in [0.15, 0.2) is 0 Å². The molecule has 0 aromatic rings. The van der Waals surface area contributed by atoms with Gasteiger partial charge in [0.1, 0.15) is 5.60 Å². The van der Waals surface area contributed by atoms with E-state index in [-0.39, 0.29) is 12.2 Å². The molecule has 1 saturated carbocycles. The van der Waals surface area contributed by atoms with Crippen molar-refractivity contribution in [1.82, 2.24) is 5.32 Å². The van der Waals surface area contributed by atoms with Crippen LogP contribution in [-0.2, 0) is 9.53 Å². The van der Waals surface area contributed by atoms with Gasteiger partial charge in [-0.1, -0.05) is 0 Å². The SMILES string of the molecule is C#CC(=O)CC1(NC(=O)OC(C)(C)C)CCC1. The van der Waals surface area contributed by atoms with Gasteiger partial charge < -0.3 is 10.1 Å². The predicted octanol–water partition coefficient (Wildman–Crippen LogP) is 2.03. The van der Waals surface area contributed by atoms with Crippen LogP contribution in [0.25, 0.3) is 0 Å². The molecule has 0 bridgehead atoms. The summed E-state index contributed by atoms with van der Waals surface area (Å²) in [6.45, 7) is 5.39. The summed E-state index contributed by atoms with van der Waals surface area (Å²) in [7, 11) is 0. The van der Waals surface area contributed by atoms with Crippen LogP contribution in [0.1, 0.15) is 46.5 Å². The second-order valence-corrected chi connectivity index (χ2v) is 5.51. The van der Waals surface area contributed by atoms with Crippen molar-refractivity contribution in [1.29, 1.82) is 0 Å². The third kappa shape index (κ3) is 4.10. The van der Waals surface area contributed by atoms with Crippen molar-refractivity contribution in [2.24, 2.45) is 0 Å². The molecular formula is C13H19NO3. The van der Waals surface area contributed by atoms with Crippen molar-refractivity contribution >= 4 is 11.9 Å². The number of hydrogen-bond donors (Lipinski definition) is 1. The molecule has 94 valence electrons. The van der Waals surface area contributed by atoms with Gasteiger partial charge in [-0.3, -0.25) is 4.79 Å². The molecule has 1 aliphatic carbocycles. The smallest absolute Gasteiger partial charge is 0.408 e. The van der Waals surface area contributed by atoms with Gasteiger partial charge >= 0.3 is 6.09 Å². The third-order valence-electron chi connectivity index (χ3n) is 2.74. The Bertz CT molecular complexity index is 356. The Hall–Kier alpha value is -1.50. The lowest BCUT2D eigenvalue weighted by Crippen LogP contribution is -2.55. The first kappa shape index (κ1) is 13.6. The summed E-state index contributed by atoms with van der Waals surface area (Å²) < 4.78 is 5.17. The number of hydrogen-bond acceptors (Lipinski definition) is 3. The number of carbonyl (C=O) groups is 2. The van der Waals surface area contributed by atoms with Crippen LogP contribution >= 0.6 is 0 Å². The third-order valence-corrected chi connectivity index (χ3v) is 2.74. The van der Waals surface area contributed by atoms with E-state index < -0.39 is 17.2 Å². The van der Waals surface area contributed by atoms with Crippen LogP contribution in [-0.4, -0.2) is 23.0 Å². The second-order valence-electron chi connectivity index (χ2n) is 5.51. The Morgan fingerprint density at radius 2 is 2.00 bits per heavy atom. The number of amides is 1. The highest BCUT2D eigenvalue weighted by Crippen LogP contribution is 2.35. The van der Waals surface area contributed by atoms with Crippen LogP contribution in [0.4, 0.5) is 4.79 Å². The average molecular weight is 237 g/mol. The van der Waals surface area contributed by atoms with Crippen molar-refractivity contribution in [3.8, 4) is 12.3 Å². The molecule has 0 unspecified atom stereocenters. The van der Waals surface area contributed by atoms with Gasteiger partial charge in [0.25, 0.3) is 0 Å². The number of carbonyl (C=O) groups excluding carboxylic acids is 2.